The minimum absolute atomic E-state index is 0.109. The summed E-state index contributed by atoms with van der Waals surface area (Å²) in [5.74, 6) is -0.154. The molecule has 1 aromatic carbocycles. The molecule has 0 aliphatic rings. The van der Waals surface area contributed by atoms with Gasteiger partial charge < -0.3 is 0 Å². The quantitative estimate of drug-likeness (QED) is 0.865. The minimum Gasteiger partial charge on any atom is -0.282 e. The smallest absolute Gasteiger partial charge is 0.282 e. The Morgan fingerprint density at radius 1 is 1.05 bits per heavy atom. The predicted molar refractivity (Wildman–Crippen MR) is 77.3 cm³/mol. The molecule has 1 aromatic rings. The lowest BCUT2D eigenvalue weighted by atomic mass is 10.0. The van der Waals surface area contributed by atoms with Crippen LogP contribution in [0.4, 0.5) is 0 Å². The van der Waals surface area contributed by atoms with Gasteiger partial charge in [-0.25, -0.2) is 8.42 Å². The molecule has 0 saturated heterocycles. The van der Waals surface area contributed by atoms with E-state index < -0.39 is 24.7 Å². The Bertz CT molecular complexity index is 708. The van der Waals surface area contributed by atoms with Crippen LogP contribution in [0.5, 0.6) is 0 Å². The fraction of sp³-hybridized carbons (Fsp3) is 0.538. The van der Waals surface area contributed by atoms with Crippen LogP contribution in [-0.4, -0.2) is 26.1 Å². The third kappa shape index (κ3) is 3.21. The van der Waals surface area contributed by atoms with Crippen molar-refractivity contribution in [2.45, 2.75) is 55.1 Å². The molecule has 0 bridgehead atoms. The highest BCUT2D eigenvalue weighted by Gasteiger charge is 2.32. The largest absolute Gasteiger partial charge is 0.294 e. The maximum absolute atomic E-state index is 12.3. The van der Waals surface area contributed by atoms with E-state index in [9.17, 15) is 21.4 Å². The average Bonchev–Trinajstić information content (AvgIpc) is 2.25. The molecule has 0 aliphatic heterocycles. The van der Waals surface area contributed by atoms with E-state index in [0.29, 0.717) is 5.56 Å². The number of hydrogen-bond donors (Lipinski definition) is 1. The zero-order chi connectivity index (χ0) is 15.9. The number of hydrogen-bond acceptors (Lipinski definition) is 4. The molecule has 0 atom stereocenters. The van der Waals surface area contributed by atoms with Gasteiger partial charge in [-0.1, -0.05) is 19.9 Å². The van der Waals surface area contributed by atoms with E-state index in [1.807, 2.05) is 0 Å². The molecule has 114 valence electrons. The standard InChI is InChI=1S/C13H20O5S2/c1-9(2)11-7-6-10(8-12(11)20(16,17)18)19(14,15)13(3,4)5/h6-9H,1-5H3,(H,16,17,18). The van der Waals surface area contributed by atoms with Crippen molar-refractivity contribution in [2.24, 2.45) is 0 Å². The van der Waals surface area contributed by atoms with Gasteiger partial charge in [0.25, 0.3) is 10.1 Å². The molecule has 1 rings (SSSR count). The normalized spacial score (nSPS) is 13.8. The average molecular weight is 320 g/mol. The van der Waals surface area contributed by atoms with E-state index in [1.54, 1.807) is 13.8 Å². The van der Waals surface area contributed by atoms with Crippen molar-refractivity contribution >= 4 is 20.0 Å². The molecule has 0 heterocycles. The van der Waals surface area contributed by atoms with Gasteiger partial charge in [0.05, 0.1) is 14.5 Å². The third-order valence-electron chi connectivity index (χ3n) is 3.00. The van der Waals surface area contributed by atoms with Gasteiger partial charge in [-0.3, -0.25) is 4.55 Å². The summed E-state index contributed by atoms with van der Waals surface area (Å²) in [6.45, 7) is 8.13. The Balaban J connectivity index is 3.67. The molecule has 0 saturated carbocycles. The molecule has 0 amide bonds. The number of rotatable bonds is 3. The first kappa shape index (κ1) is 17.1. The van der Waals surface area contributed by atoms with E-state index in [1.165, 1.54) is 32.9 Å². The van der Waals surface area contributed by atoms with Crippen LogP contribution in [0.15, 0.2) is 28.0 Å². The fourth-order valence-corrected chi connectivity index (χ4v) is 3.92. The van der Waals surface area contributed by atoms with Crippen molar-refractivity contribution in [1.82, 2.24) is 0 Å². The van der Waals surface area contributed by atoms with E-state index in [0.717, 1.165) is 6.07 Å². The molecular weight excluding hydrogens is 300 g/mol. The SMILES string of the molecule is CC(C)c1ccc(S(=O)(=O)C(C)(C)C)cc1S(=O)(=O)O. The van der Waals surface area contributed by atoms with Crippen molar-refractivity contribution in [1.29, 1.82) is 0 Å². The molecule has 0 fully saturated rings. The molecule has 7 heteroatoms. The van der Waals surface area contributed by atoms with Gasteiger partial charge in [0.2, 0.25) is 0 Å². The topological polar surface area (TPSA) is 88.5 Å². The molecule has 20 heavy (non-hydrogen) atoms. The Morgan fingerprint density at radius 2 is 1.55 bits per heavy atom. The maximum atomic E-state index is 12.3. The Morgan fingerprint density at radius 3 is 1.90 bits per heavy atom. The van der Waals surface area contributed by atoms with Gasteiger partial charge in [-0.15, -0.1) is 0 Å². The summed E-state index contributed by atoms with van der Waals surface area (Å²) < 4.78 is 55.8. The lowest BCUT2D eigenvalue weighted by Crippen LogP contribution is -2.28. The summed E-state index contributed by atoms with van der Waals surface area (Å²) in [6, 6.07) is 3.85. The first-order chi connectivity index (χ1) is 8.78. The van der Waals surface area contributed by atoms with E-state index in [2.05, 4.69) is 0 Å². The van der Waals surface area contributed by atoms with Crippen LogP contribution in [-0.2, 0) is 20.0 Å². The van der Waals surface area contributed by atoms with Crippen LogP contribution in [0, 0.1) is 0 Å². The fourth-order valence-electron chi connectivity index (χ4n) is 1.74. The number of benzene rings is 1. The second-order valence-corrected chi connectivity index (χ2v) is 10.0. The summed E-state index contributed by atoms with van der Waals surface area (Å²) in [5, 5.41) is 0. The molecular formula is C13H20O5S2. The molecule has 0 spiro atoms. The monoisotopic (exact) mass is 320 g/mol. The highest BCUT2D eigenvalue weighted by atomic mass is 32.2. The Labute approximate surface area is 120 Å². The van der Waals surface area contributed by atoms with Crippen molar-refractivity contribution in [3.63, 3.8) is 0 Å². The van der Waals surface area contributed by atoms with Crippen molar-refractivity contribution in [2.75, 3.05) is 0 Å². The van der Waals surface area contributed by atoms with Crippen LogP contribution in [0.2, 0.25) is 0 Å². The second kappa shape index (κ2) is 5.13. The maximum Gasteiger partial charge on any atom is 0.294 e. The van der Waals surface area contributed by atoms with Crippen molar-refractivity contribution in [3.05, 3.63) is 23.8 Å². The zero-order valence-corrected chi connectivity index (χ0v) is 13.8. The van der Waals surface area contributed by atoms with Crippen LogP contribution in [0.3, 0.4) is 0 Å². The molecule has 1 N–H and O–H groups in total. The predicted octanol–water partition coefficient (Wildman–Crippen LogP) is 2.63. The zero-order valence-electron chi connectivity index (χ0n) is 12.2. The Hall–Kier alpha value is -0.920. The van der Waals surface area contributed by atoms with E-state index >= 15 is 0 Å². The highest BCUT2D eigenvalue weighted by molar-refractivity contribution is 7.92. The number of sulfone groups is 1. The van der Waals surface area contributed by atoms with Gasteiger partial charge in [-0.2, -0.15) is 8.42 Å². The highest BCUT2D eigenvalue weighted by Crippen LogP contribution is 2.30. The summed E-state index contributed by atoms with van der Waals surface area (Å²) >= 11 is 0. The third-order valence-corrected chi connectivity index (χ3v) is 6.40. The van der Waals surface area contributed by atoms with Crippen LogP contribution >= 0.6 is 0 Å². The van der Waals surface area contributed by atoms with Crippen molar-refractivity contribution in [3.8, 4) is 0 Å². The minimum atomic E-state index is -4.47. The molecule has 0 unspecified atom stereocenters. The van der Waals surface area contributed by atoms with Gasteiger partial charge in [0.15, 0.2) is 9.84 Å². The van der Waals surface area contributed by atoms with Gasteiger partial charge in [0, 0.05) is 0 Å². The van der Waals surface area contributed by atoms with Gasteiger partial charge in [-0.05, 0) is 44.4 Å². The molecule has 0 aromatic heterocycles. The molecule has 0 radical (unpaired) electrons. The first-order valence-corrected chi connectivity index (χ1v) is 9.07. The van der Waals surface area contributed by atoms with Crippen LogP contribution in [0.1, 0.15) is 46.1 Å². The lowest BCUT2D eigenvalue weighted by Gasteiger charge is -2.20. The van der Waals surface area contributed by atoms with E-state index in [4.69, 9.17) is 0 Å². The van der Waals surface area contributed by atoms with Gasteiger partial charge in [0.1, 0.15) is 0 Å². The van der Waals surface area contributed by atoms with Crippen LogP contribution in [0.25, 0.3) is 0 Å². The van der Waals surface area contributed by atoms with Crippen LogP contribution < -0.4 is 0 Å². The lowest BCUT2D eigenvalue weighted by molar-refractivity contribution is 0.481. The summed E-state index contributed by atoms with van der Waals surface area (Å²) in [4.78, 5) is -0.458. The second-order valence-electron chi connectivity index (χ2n) is 5.95. The molecule has 0 aliphatic carbocycles. The Kier molecular flexibility index (Phi) is 4.39. The summed E-state index contributed by atoms with van der Waals surface area (Å²) in [5.41, 5.74) is 0.389. The van der Waals surface area contributed by atoms with E-state index in [-0.39, 0.29) is 15.7 Å². The summed E-state index contributed by atoms with van der Waals surface area (Å²) in [6.07, 6.45) is 0. The van der Waals surface area contributed by atoms with Crippen molar-refractivity contribution < 1.29 is 21.4 Å². The van der Waals surface area contributed by atoms with Gasteiger partial charge >= 0.3 is 0 Å². The summed E-state index contributed by atoms with van der Waals surface area (Å²) in [7, 11) is -8.15. The molecule has 5 nitrogen and oxygen atoms in total. The first-order valence-electron chi connectivity index (χ1n) is 6.14.